The summed E-state index contributed by atoms with van der Waals surface area (Å²) in [6, 6.07) is 1.23. The molecular formula is C6H9N3O3S. The summed E-state index contributed by atoms with van der Waals surface area (Å²) >= 11 is 0. The number of nitrogen functional groups attached to an aromatic ring is 1. The average Bonchev–Trinajstić information content (AvgIpc) is 2.26. The Hall–Kier alpha value is -1.37. The summed E-state index contributed by atoms with van der Waals surface area (Å²) in [7, 11) is -2.27. The molecule has 0 radical (unpaired) electrons. The Kier molecular flexibility index (Phi) is 2.12. The number of carbonyl (C=O) groups excluding carboxylic acids is 1. The lowest BCUT2D eigenvalue weighted by atomic mass is 10.4. The molecule has 0 aromatic carbocycles. The molecule has 1 rings (SSSR count). The molecule has 0 aliphatic carbocycles. The van der Waals surface area contributed by atoms with E-state index in [-0.39, 0.29) is 11.5 Å². The summed E-state index contributed by atoms with van der Waals surface area (Å²) < 4.78 is 22.9. The van der Waals surface area contributed by atoms with Gasteiger partial charge in [-0.05, 0) is 0 Å². The Morgan fingerprint density at radius 3 is 2.46 bits per heavy atom. The van der Waals surface area contributed by atoms with Gasteiger partial charge in [0.2, 0.25) is 9.84 Å². The summed E-state index contributed by atoms with van der Waals surface area (Å²) in [6.45, 7) is 0. The molecule has 0 atom stereocenters. The molecule has 1 heterocycles. The van der Waals surface area contributed by atoms with E-state index in [2.05, 4.69) is 5.10 Å². The summed E-state index contributed by atoms with van der Waals surface area (Å²) in [5.74, 6) is 0.120. The van der Waals surface area contributed by atoms with Crippen molar-refractivity contribution in [1.82, 2.24) is 9.78 Å². The lowest BCUT2D eigenvalue weighted by Crippen LogP contribution is -2.16. The Balaban J connectivity index is 3.25. The number of rotatable bonds is 1. The van der Waals surface area contributed by atoms with Gasteiger partial charge >= 0.3 is 0 Å². The van der Waals surface area contributed by atoms with Crippen LogP contribution >= 0.6 is 0 Å². The van der Waals surface area contributed by atoms with E-state index in [0.29, 0.717) is 0 Å². The minimum atomic E-state index is -3.72. The lowest BCUT2D eigenvalue weighted by Gasteiger charge is -1.96. The molecule has 6 nitrogen and oxygen atoms in total. The molecule has 0 fully saturated rings. The fourth-order valence-electron chi connectivity index (χ4n) is 0.870. The highest BCUT2D eigenvalue weighted by atomic mass is 32.2. The number of aryl methyl sites for hydroxylation is 1. The van der Waals surface area contributed by atoms with Gasteiger partial charge < -0.3 is 5.73 Å². The van der Waals surface area contributed by atoms with Crippen molar-refractivity contribution >= 4 is 20.8 Å². The third-order valence-electron chi connectivity index (χ3n) is 1.44. The molecule has 1 aromatic heterocycles. The highest BCUT2D eigenvalue weighted by Gasteiger charge is 2.22. The molecule has 2 N–H and O–H groups in total. The molecule has 7 heteroatoms. The molecule has 0 spiro atoms. The van der Waals surface area contributed by atoms with Crippen LogP contribution in [0.1, 0.15) is 10.5 Å². The zero-order valence-electron chi connectivity index (χ0n) is 7.18. The van der Waals surface area contributed by atoms with Crippen molar-refractivity contribution in [2.24, 2.45) is 7.05 Å². The zero-order valence-corrected chi connectivity index (χ0v) is 8.00. The first-order valence-corrected chi connectivity index (χ1v) is 5.25. The second-order valence-corrected chi connectivity index (χ2v) is 4.55. The van der Waals surface area contributed by atoms with E-state index in [0.717, 1.165) is 10.9 Å². The van der Waals surface area contributed by atoms with Crippen molar-refractivity contribution < 1.29 is 13.2 Å². The summed E-state index contributed by atoms with van der Waals surface area (Å²) in [6.07, 6.45) is 0.846. The van der Waals surface area contributed by atoms with Crippen LogP contribution in [-0.4, -0.2) is 29.6 Å². The average molecular weight is 203 g/mol. The molecule has 0 saturated heterocycles. The van der Waals surface area contributed by atoms with Crippen molar-refractivity contribution in [3.05, 3.63) is 11.8 Å². The van der Waals surface area contributed by atoms with Crippen molar-refractivity contribution in [3.8, 4) is 0 Å². The number of carbonyl (C=O) groups is 1. The number of hydrogen-bond donors (Lipinski definition) is 1. The van der Waals surface area contributed by atoms with E-state index in [4.69, 9.17) is 5.73 Å². The van der Waals surface area contributed by atoms with E-state index in [9.17, 15) is 13.2 Å². The first-order chi connectivity index (χ1) is 5.82. The van der Waals surface area contributed by atoms with Crippen LogP contribution in [0.25, 0.3) is 0 Å². The van der Waals surface area contributed by atoms with Crippen molar-refractivity contribution in [2.45, 2.75) is 0 Å². The molecule has 1 aromatic rings. The summed E-state index contributed by atoms with van der Waals surface area (Å²) in [4.78, 5) is 11.2. The minimum absolute atomic E-state index is 0.0278. The standard InChI is InChI=1S/C6H9N3O3S/c1-9-4(3-5(7)8-9)6(10)13(2,11)12/h3H,1-2H3,(H2,7,8). The van der Waals surface area contributed by atoms with E-state index in [1.807, 2.05) is 0 Å². The normalized spacial score (nSPS) is 11.5. The van der Waals surface area contributed by atoms with Gasteiger partial charge in [-0.1, -0.05) is 0 Å². The van der Waals surface area contributed by atoms with E-state index in [1.165, 1.54) is 13.1 Å². The third kappa shape index (κ3) is 1.86. The topological polar surface area (TPSA) is 95.1 Å². The maximum absolute atomic E-state index is 11.2. The molecule has 0 unspecified atom stereocenters. The Bertz CT molecular complexity index is 446. The van der Waals surface area contributed by atoms with Gasteiger partial charge in [0.1, 0.15) is 11.5 Å². The smallest absolute Gasteiger partial charge is 0.294 e. The Labute approximate surface area is 75.3 Å². The quantitative estimate of drug-likeness (QED) is 0.643. The predicted octanol–water partition coefficient (Wildman–Crippen LogP) is -0.813. The number of anilines is 1. The van der Waals surface area contributed by atoms with Crippen LogP contribution in [0.2, 0.25) is 0 Å². The number of hydrogen-bond acceptors (Lipinski definition) is 5. The van der Waals surface area contributed by atoms with Crippen molar-refractivity contribution in [2.75, 3.05) is 12.0 Å². The van der Waals surface area contributed by atoms with E-state index < -0.39 is 15.0 Å². The fourth-order valence-corrected chi connectivity index (χ4v) is 1.44. The van der Waals surface area contributed by atoms with E-state index >= 15 is 0 Å². The SMILES string of the molecule is Cn1nc(N)cc1C(=O)S(C)(=O)=O. The first kappa shape index (κ1) is 9.72. The van der Waals surface area contributed by atoms with Crippen LogP contribution in [0, 0.1) is 0 Å². The van der Waals surface area contributed by atoms with Gasteiger partial charge in [0.25, 0.3) is 5.12 Å². The molecule has 0 amide bonds. The van der Waals surface area contributed by atoms with Crippen molar-refractivity contribution in [1.29, 1.82) is 0 Å². The largest absolute Gasteiger partial charge is 0.382 e. The predicted molar refractivity (Wildman–Crippen MR) is 46.8 cm³/mol. The highest BCUT2D eigenvalue weighted by Crippen LogP contribution is 2.07. The second-order valence-electron chi connectivity index (χ2n) is 2.64. The number of nitrogens with two attached hydrogens (primary N) is 1. The first-order valence-electron chi connectivity index (χ1n) is 3.36. The molecule has 0 saturated carbocycles. The van der Waals surface area contributed by atoms with Crippen LogP contribution in [-0.2, 0) is 16.9 Å². The number of nitrogens with zero attached hydrogens (tertiary/aromatic N) is 2. The summed E-state index contributed by atoms with van der Waals surface area (Å²) in [5, 5.41) is 2.68. The molecule has 13 heavy (non-hydrogen) atoms. The fraction of sp³-hybridized carbons (Fsp3) is 0.333. The van der Waals surface area contributed by atoms with Crippen molar-refractivity contribution in [3.63, 3.8) is 0 Å². The van der Waals surface area contributed by atoms with E-state index in [1.54, 1.807) is 0 Å². The van der Waals surface area contributed by atoms with Crippen LogP contribution in [0.4, 0.5) is 5.82 Å². The molecule has 0 bridgehead atoms. The monoisotopic (exact) mass is 203 g/mol. The Morgan fingerprint density at radius 1 is 1.62 bits per heavy atom. The lowest BCUT2D eigenvalue weighted by molar-refractivity contribution is 0.106. The van der Waals surface area contributed by atoms with Gasteiger partial charge in [0.15, 0.2) is 0 Å². The third-order valence-corrected chi connectivity index (χ3v) is 2.33. The molecular weight excluding hydrogens is 194 g/mol. The van der Waals surface area contributed by atoms with Gasteiger partial charge in [0, 0.05) is 19.4 Å². The minimum Gasteiger partial charge on any atom is -0.382 e. The molecule has 0 aliphatic rings. The molecule has 0 aliphatic heterocycles. The maximum atomic E-state index is 11.2. The number of aromatic nitrogens is 2. The second kappa shape index (κ2) is 2.84. The van der Waals surface area contributed by atoms with Gasteiger partial charge in [0.05, 0.1) is 0 Å². The van der Waals surface area contributed by atoms with Gasteiger partial charge in [-0.15, -0.1) is 0 Å². The maximum Gasteiger partial charge on any atom is 0.294 e. The summed E-state index contributed by atoms with van der Waals surface area (Å²) in [5.41, 5.74) is 5.25. The van der Waals surface area contributed by atoms with Gasteiger partial charge in [-0.25, -0.2) is 8.42 Å². The molecule has 72 valence electrons. The van der Waals surface area contributed by atoms with Gasteiger partial charge in [-0.3, -0.25) is 9.48 Å². The highest BCUT2D eigenvalue weighted by molar-refractivity contribution is 8.06. The van der Waals surface area contributed by atoms with Gasteiger partial charge in [-0.2, -0.15) is 5.10 Å². The zero-order chi connectivity index (χ0) is 10.2. The van der Waals surface area contributed by atoms with Crippen LogP contribution < -0.4 is 5.73 Å². The van der Waals surface area contributed by atoms with Crippen LogP contribution in [0.15, 0.2) is 6.07 Å². The Morgan fingerprint density at radius 2 is 2.15 bits per heavy atom. The van der Waals surface area contributed by atoms with Crippen LogP contribution in [0.5, 0.6) is 0 Å². The number of sulfone groups is 1. The van der Waals surface area contributed by atoms with Crippen LogP contribution in [0.3, 0.4) is 0 Å².